The zero-order valence-corrected chi connectivity index (χ0v) is 17.9. The Morgan fingerprint density at radius 1 is 1.41 bits per heavy atom. The van der Waals surface area contributed by atoms with Crippen LogP contribution in [0, 0.1) is 6.92 Å². The van der Waals surface area contributed by atoms with E-state index >= 15 is 0 Å². The summed E-state index contributed by atoms with van der Waals surface area (Å²) in [6.45, 7) is 6.78. The summed E-state index contributed by atoms with van der Waals surface area (Å²) >= 11 is 3.58. The Labute approximate surface area is 169 Å². The highest BCUT2D eigenvalue weighted by atomic mass is 32.2. The molecule has 0 saturated heterocycles. The maximum absolute atomic E-state index is 12.8. The molecule has 0 aromatic heterocycles. The van der Waals surface area contributed by atoms with Gasteiger partial charge in [-0.1, -0.05) is 18.1 Å². The number of fused-ring (bicyclic) bond motifs is 1. The maximum Gasteiger partial charge on any atom is 0.276 e. The maximum atomic E-state index is 12.8. The van der Waals surface area contributed by atoms with Gasteiger partial charge >= 0.3 is 0 Å². The molecule has 0 bridgehead atoms. The van der Waals surface area contributed by atoms with Crippen LogP contribution in [0.3, 0.4) is 0 Å². The molecule has 0 spiro atoms. The van der Waals surface area contributed by atoms with Crippen molar-refractivity contribution in [3.05, 3.63) is 34.4 Å². The van der Waals surface area contributed by atoms with Gasteiger partial charge in [0, 0.05) is 34.1 Å². The van der Waals surface area contributed by atoms with E-state index in [1.165, 1.54) is 9.90 Å². The van der Waals surface area contributed by atoms with E-state index in [0.29, 0.717) is 12.1 Å². The number of amides is 1. The van der Waals surface area contributed by atoms with E-state index in [0.717, 1.165) is 51.7 Å². The van der Waals surface area contributed by atoms with Crippen LogP contribution in [0.1, 0.15) is 43.4 Å². The van der Waals surface area contributed by atoms with Crippen LogP contribution >= 0.6 is 23.5 Å². The van der Waals surface area contributed by atoms with Crippen molar-refractivity contribution in [2.45, 2.75) is 38.5 Å². The largest absolute Gasteiger partial charge is 0.399 e. The third-order valence-electron chi connectivity index (χ3n) is 4.54. The molecule has 1 aromatic carbocycles. The number of likely N-dealkylation sites (N-methyl/N-ethyl adjacent to an activating group) is 1. The van der Waals surface area contributed by atoms with E-state index in [2.05, 4.69) is 36.2 Å². The monoisotopic (exact) mass is 403 g/mol. The highest BCUT2D eigenvalue weighted by Crippen LogP contribution is 2.40. The van der Waals surface area contributed by atoms with E-state index in [1.54, 1.807) is 25.1 Å². The second-order valence-corrected chi connectivity index (χ2v) is 8.53. The summed E-state index contributed by atoms with van der Waals surface area (Å²) in [4.78, 5) is 20.1. The number of hydrazone groups is 1. The standard InChI is InChI=1S/C20H25N3O2S2/c1-5-10-27-19(15-12-21-23(6-2)20(15)24)14-7-8-17-18(13(14)3)16(22-25-4)9-11-26-17/h7-8,12H,5-6,9-11H2,1-4H3/b19-15+,22-16+. The normalized spacial score (nSPS) is 19.6. The number of thioether (sulfide) groups is 2. The summed E-state index contributed by atoms with van der Waals surface area (Å²) < 4.78 is 0. The van der Waals surface area contributed by atoms with Gasteiger partial charge in [0.05, 0.1) is 17.5 Å². The number of benzene rings is 1. The lowest BCUT2D eigenvalue weighted by Crippen LogP contribution is -2.22. The predicted molar refractivity (Wildman–Crippen MR) is 116 cm³/mol. The first-order valence-electron chi connectivity index (χ1n) is 9.22. The minimum absolute atomic E-state index is 0.0200. The Kier molecular flexibility index (Phi) is 6.65. The Hall–Kier alpha value is -1.73. The molecule has 2 aliphatic heterocycles. The van der Waals surface area contributed by atoms with Gasteiger partial charge in [-0.2, -0.15) is 5.10 Å². The van der Waals surface area contributed by atoms with Crippen molar-refractivity contribution < 1.29 is 9.63 Å². The first kappa shape index (κ1) is 20.0. The third kappa shape index (κ3) is 3.94. The van der Waals surface area contributed by atoms with E-state index in [4.69, 9.17) is 4.84 Å². The topological polar surface area (TPSA) is 54.3 Å². The summed E-state index contributed by atoms with van der Waals surface area (Å²) in [5.41, 5.74) is 5.06. The van der Waals surface area contributed by atoms with E-state index < -0.39 is 0 Å². The molecule has 2 aliphatic rings. The van der Waals surface area contributed by atoms with Crippen LogP contribution in [0.15, 0.2) is 32.9 Å². The van der Waals surface area contributed by atoms with Gasteiger partial charge in [-0.05, 0) is 43.2 Å². The van der Waals surface area contributed by atoms with Gasteiger partial charge in [0.15, 0.2) is 0 Å². The zero-order valence-electron chi connectivity index (χ0n) is 16.2. The van der Waals surface area contributed by atoms with Crippen molar-refractivity contribution in [1.82, 2.24) is 5.01 Å². The second kappa shape index (κ2) is 8.97. The highest BCUT2D eigenvalue weighted by Gasteiger charge is 2.28. The van der Waals surface area contributed by atoms with Crippen LogP contribution < -0.4 is 0 Å². The molecule has 0 atom stereocenters. The smallest absolute Gasteiger partial charge is 0.276 e. The number of carbonyl (C=O) groups is 1. The summed E-state index contributed by atoms with van der Waals surface area (Å²) in [6.07, 6.45) is 3.63. The van der Waals surface area contributed by atoms with Crippen molar-refractivity contribution in [3.63, 3.8) is 0 Å². The predicted octanol–water partition coefficient (Wildman–Crippen LogP) is 4.54. The lowest BCUT2D eigenvalue weighted by molar-refractivity contribution is -0.125. The molecule has 144 valence electrons. The van der Waals surface area contributed by atoms with Crippen molar-refractivity contribution in [2.75, 3.05) is 25.2 Å². The lowest BCUT2D eigenvalue weighted by Gasteiger charge is -2.22. The van der Waals surface area contributed by atoms with Crippen LogP contribution in [0.2, 0.25) is 0 Å². The van der Waals surface area contributed by atoms with Gasteiger partial charge in [0.1, 0.15) is 7.11 Å². The molecule has 0 radical (unpaired) electrons. The average Bonchev–Trinajstić information content (AvgIpc) is 3.04. The summed E-state index contributed by atoms with van der Waals surface area (Å²) in [6, 6.07) is 4.28. The average molecular weight is 404 g/mol. The van der Waals surface area contributed by atoms with Crippen molar-refractivity contribution in [3.8, 4) is 0 Å². The van der Waals surface area contributed by atoms with Crippen LogP contribution in [0.5, 0.6) is 0 Å². The molecule has 1 aromatic rings. The molecule has 2 heterocycles. The van der Waals surface area contributed by atoms with Gasteiger partial charge in [0.2, 0.25) is 0 Å². The fourth-order valence-electron chi connectivity index (χ4n) is 3.26. The summed E-state index contributed by atoms with van der Waals surface area (Å²) in [5, 5.41) is 10.1. The Morgan fingerprint density at radius 2 is 2.22 bits per heavy atom. The fraction of sp³-hybridized carbons (Fsp3) is 0.450. The van der Waals surface area contributed by atoms with Crippen molar-refractivity contribution in [2.24, 2.45) is 10.3 Å². The lowest BCUT2D eigenvalue weighted by atomic mass is 9.95. The Bertz CT molecular complexity index is 831. The molecule has 3 rings (SSSR count). The molecular weight excluding hydrogens is 378 g/mol. The summed E-state index contributed by atoms with van der Waals surface area (Å²) in [7, 11) is 1.59. The van der Waals surface area contributed by atoms with Crippen molar-refractivity contribution in [1.29, 1.82) is 0 Å². The highest BCUT2D eigenvalue weighted by molar-refractivity contribution is 8.08. The first-order valence-corrected chi connectivity index (χ1v) is 11.2. The number of hydrogen-bond acceptors (Lipinski definition) is 6. The van der Waals surface area contributed by atoms with Gasteiger partial charge in [0.25, 0.3) is 5.91 Å². The number of hydrogen-bond donors (Lipinski definition) is 0. The number of oxime groups is 1. The minimum atomic E-state index is -0.0200. The number of carbonyl (C=O) groups excluding carboxylic acids is 1. The Morgan fingerprint density at radius 3 is 2.89 bits per heavy atom. The molecule has 0 saturated carbocycles. The SMILES string of the molecule is CCCS/C(=C1\C=NN(CC)C1=O)c1ccc2c(c1C)/C(=N/OC)CCS2. The third-order valence-corrected chi connectivity index (χ3v) is 6.94. The molecule has 7 heteroatoms. The minimum Gasteiger partial charge on any atom is -0.399 e. The van der Waals surface area contributed by atoms with Gasteiger partial charge in [-0.25, -0.2) is 5.01 Å². The van der Waals surface area contributed by atoms with Crippen LogP contribution in [-0.2, 0) is 9.63 Å². The van der Waals surface area contributed by atoms with E-state index in [-0.39, 0.29) is 5.91 Å². The number of nitrogens with zero attached hydrogens (tertiary/aromatic N) is 3. The molecule has 1 amide bonds. The zero-order chi connectivity index (χ0) is 19.4. The van der Waals surface area contributed by atoms with Crippen LogP contribution in [0.25, 0.3) is 4.91 Å². The fourth-order valence-corrected chi connectivity index (χ4v) is 5.43. The molecule has 0 unspecified atom stereocenters. The van der Waals surface area contributed by atoms with Gasteiger partial charge in [-0.15, -0.1) is 23.5 Å². The molecular formula is C20H25N3O2S2. The molecule has 5 nitrogen and oxygen atoms in total. The van der Waals surface area contributed by atoms with Crippen LogP contribution in [-0.4, -0.2) is 48.0 Å². The Balaban J connectivity index is 2.15. The second-order valence-electron chi connectivity index (χ2n) is 6.29. The quantitative estimate of drug-likeness (QED) is 0.517. The van der Waals surface area contributed by atoms with Crippen molar-refractivity contribution >= 4 is 46.3 Å². The van der Waals surface area contributed by atoms with E-state index in [1.807, 2.05) is 18.7 Å². The summed E-state index contributed by atoms with van der Waals surface area (Å²) in [5.74, 6) is 1.94. The van der Waals surface area contributed by atoms with Gasteiger partial charge in [-0.3, -0.25) is 4.79 Å². The van der Waals surface area contributed by atoms with E-state index in [9.17, 15) is 4.79 Å². The molecule has 0 N–H and O–H groups in total. The number of rotatable bonds is 6. The molecule has 27 heavy (non-hydrogen) atoms. The molecule has 0 aliphatic carbocycles. The van der Waals surface area contributed by atoms with Gasteiger partial charge < -0.3 is 4.84 Å². The van der Waals surface area contributed by atoms with Crippen LogP contribution in [0.4, 0.5) is 0 Å². The molecule has 0 fully saturated rings. The first-order chi connectivity index (χ1) is 13.1.